The van der Waals surface area contributed by atoms with Crippen LogP contribution in [0, 0.1) is 18.3 Å². The van der Waals surface area contributed by atoms with E-state index < -0.39 is 0 Å². The largest absolute Gasteiger partial charge is 0.379 e. The lowest BCUT2D eigenvalue weighted by Crippen LogP contribution is -1.96. The van der Waals surface area contributed by atoms with Crippen LogP contribution < -0.4 is 0 Å². The van der Waals surface area contributed by atoms with Crippen molar-refractivity contribution < 1.29 is 4.74 Å². The fourth-order valence-electron chi connectivity index (χ4n) is 1.91. The molecule has 0 heterocycles. The van der Waals surface area contributed by atoms with Crippen molar-refractivity contribution in [3.63, 3.8) is 0 Å². The van der Waals surface area contributed by atoms with Gasteiger partial charge in [0.25, 0.3) is 0 Å². The monoisotopic (exact) mass is 255 g/mol. The van der Waals surface area contributed by atoms with Crippen LogP contribution in [0.15, 0.2) is 30.0 Å². The first-order valence-electron chi connectivity index (χ1n) is 6.67. The molecule has 19 heavy (non-hydrogen) atoms. The molecular formula is C17H21NO. The van der Waals surface area contributed by atoms with Gasteiger partial charge in [-0.15, -0.1) is 5.73 Å². The second-order valence-corrected chi connectivity index (χ2v) is 4.54. The number of methoxy groups -OCH3 is 1. The molecule has 0 spiro atoms. The van der Waals surface area contributed by atoms with Crippen LogP contribution in [-0.4, -0.2) is 13.7 Å². The van der Waals surface area contributed by atoms with Crippen LogP contribution in [-0.2, 0) is 4.74 Å². The van der Waals surface area contributed by atoms with Crippen molar-refractivity contribution in [1.82, 2.24) is 0 Å². The van der Waals surface area contributed by atoms with Gasteiger partial charge in [-0.2, -0.15) is 5.26 Å². The van der Waals surface area contributed by atoms with Crippen molar-refractivity contribution in [2.45, 2.75) is 33.1 Å². The van der Waals surface area contributed by atoms with Gasteiger partial charge in [-0.1, -0.05) is 19.4 Å². The van der Waals surface area contributed by atoms with E-state index in [1.54, 1.807) is 7.11 Å². The van der Waals surface area contributed by atoms with E-state index >= 15 is 0 Å². The van der Waals surface area contributed by atoms with Gasteiger partial charge in [0.05, 0.1) is 18.2 Å². The summed E-state index contributed by atoms with van der Waals surface area (Å²) in [6, 6.07) is 7.87. The molecule has 2 nitrogen and oxygen atoms in total. The Morgan fingerprint density at radius 2 is 2.21 bits per heavy atom. The molecule has 0 saturated heterocycles. The highest BCUT2D eigenvalue weighted by molar-refractivity contribution is 5.69. The van der Waals surface area contributed by atoms with Gasteiger partial charge in [-0.25, -0.2) is 0 Å². The quantitative estimate of drug-likeness (QED) is 0.562. The highest BCUT2D eigenvalue weighted by Crippen LogP contribution is 2.19. The molecule has 1 aromatic rings. The molecule has 0 unspecified atom stereocenters. The van der Waals surface area contributed by atoms with Gasteiger partial charge in [-0.05, 0) is 49.1 Å². The van der Waals surface area contributed by atoms with Gasteiger partial charge in [0.15, 0.2) is 0 Å². The minimum absolute atomic E-state index is 0.537. The van der Waals surface area contributed by atoms with Crippen molar-refractivity contribution in [2.24, 2.45) is 0 Å². The average Bonchev–Trinajstić information content (AvgIpc) is 2.42. The molecule has 0 bridgehead atoms. The van der Waals surface area contributed by atoms with Crippen molar-refractivity contribution in [2.75, 3.05) is 13.7 Å². The molecule has 0 aromatic heterocycles. The number of rotatable bonds is 6. The van der Waals surface area contributed by atoms with Crippen LogP contribution in [0.4, 0.5) is 0 Å². The Morgan fingerprint density at radius 1 is 1.42 bits per heavy atom. The highest BCUT2D eigenvalue weighted by Gasteiger charge is 2.05. The Kier molecular flexibility index (Phi) is 6.68. The molecule has 100 valence electrons. The standard InChI is InChI=1S/C17H21NO/c1-4-5-6-7-8-16(13-19-3)17-10-9-15(12-18)11-14(17)2/h7,9-11H,4-6,13H2,1-3H3. The second kappa shape index (κ2) is 8.32. The SMILES string of the molecule is CCCCC=C=C(COC)c1ccc(C#N)cc1C. The molecular weight excluding hydrogens is 234 g/mol. The number of nitrogens with zero attached hydrogens (tertiary/aromatic N) is 1. The summed E-state index contributed by atoms with van der Waals surface area (Å²) in [6.07, 6.45) is 5.49. The first kappa shape index (κ1) is 15.2. The third-order valence-electron chi connectivity index (χ3n) is 2.95. The number of ether oxygens (including phenoxy) is 1. The van der Waals surface area contributed by atoms with Gasteiger partial charge in [0, 0.05) is 12.7 Å². The van der Waals surface area contributed by atoms with Crippen molar-refractivity contribution in [3.05, 3.63) is 46.7 Å². The van der Waals surface area contributed by atoms with Crippen LogP contribution in [0.3, 0.4) is 0 Å². The van der Waals surface area contributed by atoms with E-state index in [4.69, 9.17) is 10.00 Å². The number of hydrogen-bond acceptors (Lipinski definition) is 2. The molecule has 0 saturated carbocycles. The molecule has 2 heteroatoms. The smallest absolute Gasteiger partial charge is 0.0991 e. The number of unbranched alkanes of at least 4 members (excludes halogenated alkanes) is 2. The maximum Gasteiger partial charge on any atom is 0.0991 e. The van der Waals surface area contributed by atoms with E-state index in [-0.39, 0.29) is 0 Å². The van der Waals surface area contributed by atoms with E-state index in [0.29, 0.717) is 12.2 Å². The Morgan fingerprint density at radius 3 is 2.79 bits per heavy atom. The fourth-order valence-corrected chi connectivity index (χ4v) is 1.91. The number of nitriles is 1. The zero-order chi connectivity index (χ0) is 14.1. The summed E-state index contributed by atoms with van der Waals surface area (Å²) in [5.41, 5.74) is 7.25. The topological polar surface area (TPSA) is 33.0 Å². The van der Waals surface area contributed by atoms with Crippen molar-refractivity contribution in [3.8, 4) is 6.07 Å². The maximum atomic E-state index is 8.89. The number of benzene rings is 1. The van der Waals surface area contributed by atoms with E-state index in [0.717, 1.165) is 23.1 Å². The highest BCUT2D eigenvalue weighted by atomic mass is 16.5. The third-order valence-corrected chi connectivity index (χ3v) is 2.95. The first-order valence-corrected chi connectivity index (χ1v) is 6.67. The summed E-state index contributed by atoms with van der Waals surface area (Å²) in [7, 11) is 1.69. The molecule has 0 aliphatic carbocycles. The number of hydrogen-bond donors (Lipinski definition) is 0. The fraction of sp³-hybridized carbons (Fsp3) is 0.412. The predicted octanol–water partition coefficient (Wildman–Crippen LogP) is 4.24. The molecule has 0 aliphatic rings. The molecule has 0 fully saturated rings. The predicted molar refractivity (Wildman–Crippen MR) is 78.8 cm³/mol. The normalized spacial score (nSPS) is 9.58. The van der Waals surface area contributed by atoms with Crippen molar-refractivity contribution >= 4 is 5.57 Å². The minimum Gasteiger partial charge on any atom is -0.379 e. The summed E-state index contributed by atoms with van der Waals surface area (Å²) < 4.78 is 5.24. The summed E-state index contributed by atoms with van der Waals surface area (Å²) in [5, 5.41) is 8.89. The zero-order valence-corrected chi connectivity index (χ0v) is 12.0. The minimum atomic E-state index is 0.537. The van der Waals surface area contributed by atoms with Gasteiger partial charge in [0.1, 0.15) is 0 Å². The molecule has 1 rings (SSSR count). The summed E-state index contributed by atoms with van der Waals surface area (Å²) in [5.74, 6) is 0. The Balaban J connectivity index is 3.06. The Labute approximate surface area is 116 Å². The lowest BCUT2D eigenvalue weighted by atomic mass is 9.99. The van der Waals surface area contributed by atoms with Crippen LogP contribution in [0.1, 0.15) is 42.9 Å². The van der Waals surface area contributed by atoms with Gasteiger partial charge >= 0.3 is 0 Å². The summed E-state index contributed by atoms with van der Waals surface area (Å²) >= 11 is 0. The molecule has 1 aromatic carbocycles. The van der Waals surface area contributed by atoms with Gasteiger partial charge in [0.2, 0.25) is 0 Å². The average molecular weight is 255 g/mol. The van der Waals surface area contributed by atoms with Crippen LogP contribution in [0.25, 0.3) is 5.57 Å². The maximum absolute atomic E-state index is 8.89. The Hall–Kier alpha value is -1.81. The zero-order valence-electron chi connectivity index (χ0n) is 12.0. The summed E-state index contributed by atoms with van der Waals surface area (Å²) in [4.78, 5) is 0. The van der Waals surface area contributed by atoms with E-state index in [2.05, 4.69) is 24.8 Å². The molecule has 0 radical (unpaired) electrons. The first-order chi connectivity index (χ1) is 9.22. The van der Waals surface area contributed by atoms with Gasteiger partial charge in [-0.3, -0.25) is 0 Å². The van der Waals surface area contributed by atoms with Crippen LogP contribution in [0.5, 0.6) is 0 Å². The van der Waals surface area contributed by atoms with Crippen LogP contribution in [0.2, 0.25) is 0 Å². The third kappa shape index (κ3) is 4.75. The molecule has 0 aliphatic heterocycles. The van der Waals surface area contributed by atoms with E-state index in [1.165, 1.54) is 12.8 Å². The van der Waals surface area contributed by atoms with E-state index in [1.807, 2.05) is 25.1 Å². The lowest BCUT2D eigenvalue weighted by molar-refractivity contribution is 0.239. The Bertz CT molecular complexity index is 517. The van der Waals surface area contributed by atoms with E-state index in [9.17, 15) is 0 Å². The molecule has 0 N–H and O–H groups in total. The lowest BCUT2D eigenvalue weighted by Gasteiger charge is -2.08. The second-order valence-electron chi connectivity index (χ2n) is 4.54. The van der Waals surface area contributed by atoms with Crippen LogP contribution >= 0.6 is 0 Å². The molecule has 0 amide bonds. The van der Waals surface area contributed by atoms with Gasteiger partial charge < -0.3 is 4.74 Å². The van der Waals surface area contributed by atoms with Crippen molar-refractivity contribution in [1.29, 1.82) is 5.26 Å². The molecule has 0 atom stereocenters. The summed E-state index contributed by atoms with van der Waals surface area (Å²) in [6.45, 7) is 4.73. The number of aryl methyl sites for hydroxylation is 1.